The highest BCUT2D eigenvalue weighted by Crippen LogP contribution is 2.45. The van der Waals surface area contributed by atoms with Gasteiger partial charge >= 0.3 is 39.5 Å². The first-order valence-corrected chi connectivity index (χ1v) is 40.5. The van der Waals surface area contributed by atoms with Gasteiger partial charge in [0.15, 0.2) is 12.2 Å². The molecule has 0 bridgehead atoms. The highest BCUT2D eigenvalue weighted by molar-refractivity contribution is 7.47. The molecule has 5 unspecified atom stereocenters. The number of unbranched alkanes of at least 4 members (excludes halogenated alkanes) is 28. The number of allylic oxidation sites excluding steroid dienone is 16. The molecule has 0 aromatic rings. The highest BCUT2D eigenvalue weighted by Gasteiger charge is 2.30. The molecule has 0 spiro atoms. The molecule has 17 nitrogen and oxygen atoms in total. The molecule has 3 N–H and O–H groups in total. The smallest absolute Gasteiger partial charge is 0.462 e. The second-order valence-corrected chi connectivity index (χ2v) is 27.8. The van der Waals surface area contributed by atoms with Crippen molar-refractivity contribution < 1.29 is 80.2 Å². The SMILES string of the molecule is CC/C=C\C/C=C\C/C=C\CCCCCCCC(=O)OCC(COP(=O)(O)OCC(O)COP(=O)(O)OCC(COC(=O)CCCCCCC/C=C\C/C=C\CCCCC)OC(=O)CCCCCCC/C=C\CCCC)OC(=O)CCCCCCC/C=C\C/C=C\CCCCC. The number of phosphoric acid groups is 2. The summed E-state index contributed by atoms with van der Waals surface area (Å²) in [5.74, 6) is -2.23. The Balaban J connectivity index is 5.36. The summed E-state index contributed by atoms with van der Waals surface area (Å²) < 4.78 is 68.4. The molecular formula is C77H134O17P2. The zero-order valence-electron chi connectivity index (χ0n) is 60.3. The van der Waals surface area contributed by atoms with Gasteiger partial charge < -0.3 is 33.8 Å². The molecule has 0 aromatic carbocycles. The molecule has 0 rings (SSSR count). The van der Waals surface area contributed by atoms with Crippen LogP contribution in [0.25, 0.3) is 0 Å². The molecule has 0 aliphatic heterocycles. The number of rotatable bonds is 70. The van der Waals surface area contributed by atoms with E-state index in [1.54, 1.807) is 0 Å². The van der Waals surface area contributed by atoms with Crippen LogP contribution in [0.15, 0.2) is 97.2 Å². The number of esters is 4. The molecule has 0 aromatic heterocycles. The Bertz CT molecular complexity index is 2200. The van der Waals surface area contributed by atoms with Crippen LogP contribution in [0.1, 0.15) is 310 Å². The van der Waals surface area contributed by atoms with E-state index in [1.165, 1.54) is 51.4 Å². The van der Waals surface area contributed by atoms with Crippen LogP contribution in [0.4, 0.5) is 0 Å². The lowest BCUT2D eigenvalue weighted by molar-refractivity contribution is -0.161. The first-order valence-electron chi connectivity index (χ1n) is 37.5. The summed E-state index contributed by atoms with van der Waals surface area (Å²) in [6.45, 7) is 4.62. The van der Waals surface area contributed by atoms with Gasteiger partial charge in [0, 0.05) is 25.7 Å². The number of aliphatic hydroxyl groups is 1. The summed E-state index contributed by atoms with van der Waals surface area (Å²) in [5.41, 5.74) is 0. The molecule has 0 aliphatic rings. The summed E-state index contributed by atoms with van der Waals surface area (Å²) in [6, 6.07) is 0. The fourth-order valence-electron chi connectivity index (χ4n) is 9.75. The quantitative estimate of drug-likeness (QED) is 0.0169. The summed E-state index contributed by atoms with van der Waals surface area (Å²) >= 11 is 0. The maximum atomic E-state index is 13.1. The minimum atomic E-state index is -4.98. The Morgan fingerprint density at radius 2 is 0.552 bits per heavy atom. The van der Waals surface area contributed by atoms with Crippen molar-refractivity contribution in [3.8, 4) is 0 Å². The molecule has 0 fully saturated rings. The first kappa shape index (κ1) is 92.0. The predicted octanol–water partition coefficient (Wildman–Crippen LogP) is 21.2. The van der Waals surface area contributed by atoms with E-state index < -0.39 is 97.5 Å². The predicted molar refractivity (Wildman–Crippen MR) is 390 cm³/mol. The monoisotopic (exact) mass is 1390 g/mol. The van der Waals surface area contributed by atoms with Gasteiger partial charge in [0.2, 0.25) is 0 Å². The lowest BCUT2D eigenvalue weighted by atomic mass is 10.1. The van der Waals surface area contributed by atoms with E-state index in [1.807, 2.05) is 0 Å². The summed E-state index contributed by atoms with van der Waals surface area (Å²) in [5, 5.41) is 10.6. The van der Waals surface area contributed by atoms with Crippen LogP contribution in [0.2, 0.25) is 0 Å². The van der Waals surface area contributed by atoms with Crippen LogP contribution in [0.5, 0.6) is 0 Å². The number of aliphatic hydroxyl groups excluding tert-OH is 1. The molecule has 554 valence electrons. The molecule has 0 saturated carbocycles. The molecule has 0 radical (unpaired) electrons. The Labute approximate surface area is 582 Å². The molecule has 0 amide bonds. The van der Waals surface area contributed by atoms with Crippen molar-refractivity contribution in [3.63, 3.8) is 0 Å². The molecule has 0 aliphatic carbocycles. The fraction of sp³-hybridized carbons (Fsp3) is 0.740. The minimum absolute atomic E-state index is 0.0745. The number of hydrogen-bond acceptors (Lipinski definition) is 15. The second-order valence-electron chi connectivity index (χ2n) is 24.8. The topological polar surface area (TPSA) is 237 Å². The zero-order chi connectivity index (χ0) is 70.4. The van der Waals surface area contributed by atoms with Gasteiger partial charge in [0.05, 0.1) is 26.4 Å². The van der Waals surface area contributed by atoms with Gasteiger partial charge in [-0.2, -0.15) is 0 Å². The third-order valence-electron chi connectivity index (χ3n) is 15.5. The van der Waals surface area contributed by atoms with E-state index in [-0.39, 0.29) is 25.7 Å². The zero-order valence-corrected chi connectivity index (χ0v) is 62.1. The Kier molecular flexibility index (Phi) is 66.6. The number of carbonyl (C=O) groups is 4. The van der Waals surface area contributed by atoms with E-state index in [4.69, 9.17) is 37.0 Å². The van der Waals surface area contributed by atoms with Crippen LogP contribution in [0.3, 0.4) is 0 Å². The average molecular weight is 1390 g/mol. The molecular weight excluding hydrogens is 1260 g/mol. The lowest BCUT2D eigenvalue weighted by Crippen LogP contribution is -2.30. The second kappa shape index (κ2) is 69.5. The molecule has 0 heterocycles. The van der Waals surface area contributed by atoms with Crippen LogP contribution in [-0.4, -0.2) is 96.7 Å². The summed E-state index contributed by atoms with van der Waals surface area (Å²) in [7, 11) is -9.95. The summed E-state index contributed by atoms with van der Waals surface area (Å²) in [4.78, 5) is 72.7. The Morgan fingerprint density at radius 1 is 0.302 bits per heavy atom. The molecule has 5 atom stereocenters. The Hall–Kier alpha value is -4.02. The van der Waals surface area contributed by atoms with Gasteiger partial charge in [-0.3, -0.25) is 37.3 Å². The standard InChI is InChI=1S/C77H134O17P2/c1-5-9-13-17-21-25-29-32-35-38-42-45-49-53-57-61-74(79)87-67-72(93-76(81)63-59-55-51-47-41-28-24-20-16-12-8-4)69-91-95(83,84)89-65-71(78)66-90-96(85,86)92-70-73(94-77(82)64-60-56-52-48-44-40-37-34-31-27-23-19-15-11-7-3)68-88-75(80)62-58-54-50-46-43-39-36-33-30-26-22-18-14-10-6-2/h10,14,20-27,32-37,71-73,78H,5-9,11-13,15-19,28-31,38-70H2,1-4H3,(H,83,84)(H,85,86)/b14-10-,24-20-,25-21-,26-22-,27-23-,35-32-,36-33-,37-34-. The maximum Gasteiger partial charge on any atom is 0.472 e. The van der Waals surface area contributed by atoms with Gasteiger partial charge in [-0.05, 0) is 141 Å². The normalized spacial score (nSPS) is 14.5. The van der Waals surface area contributed by atoms with Gasteiger partial charge in [0.25, 0.3) is 0 Å². The average Bonchev–Trinajstić information content (AvgIpc) is 1.09. The number of ether oxygens (including phenoxy) is 4. The largest absolute Gasteiger partial charge is 0.472 e. The van der Waals surface area contributed by atoms with Gasteiger partial charge in [0.1, 0.15) is 19.3 Å². The molecule has 19 heteroatoms. The van der Waals surface area contributed by atoms with Crippen molar-refractivity contribution in [1.29, 1.82) is 0 Å². The number of hydrogen-bond donors (Lipinski definition) is 3. The van der Waals surface area contributed by atoms with Crippen molar-refractivity contribution in [2.75, 3.05) is 39.6 Å². The van der Waals surface area contributed by atoms with E-state index >= 15 is 0 Å². The van der Waals surface area contributed by atoms with Crippen molar-refractivity contribution in [2.45, 2.75) is 329 Å². The van der Waals surface area contributed by atoms with E-state index in [9.17, 15) is 43.2 Å². The highest BCUT2D eigenvalue weighted by atomic mass is 31.2. The van der Waals surface area contributed by atoms with Crippen molar-refractivity contribution in [2.24, 2.45) is 0 Å². The van der Waals surface area contributed by atoms with Gasteiger partial charge in [-0.1, -0.05) is 240 Å². The third kappa shape index (κ3) is 68.5. The Morgan fingerprint density at radius 3 is 0.875 bits per heavy atom. The van der Waals surface area contributed by atoms with E-state index in [0.29, 0.717) is 25.7 Å². The van der Waals surface area contributed by atoms with Crippen LogP contribution >= 0.6 is 15.6 Å². The van der Waals surface area contributed by atoms with Crippen molar-refractivity contribution in [1.82, 2.24) is 0 Å². The maximum absolute atomic E-state index is 13.1. The van der Waals surface area contributed by atoms with E-state index in [2.05, 4.69) is 125 Å². The summed E-state index contributed by atoms with van der Waals surface area (Å²) in [6.07, 6.45) is 71.2. The first-order chi connectivity index (χ1) is 46.7. The van der Waals surface area contributed by atoms with Crippen LogP contribution in [0, 0.1) is 0 Å². The minimum Gasteiger partial charge on any atom is -0.462 e. The van der Waals surface area contributed by atoms with E-state index in [0.717, 1.165) is 180 Å². The number of phosphoric ester groups is 2. The fourth-order valence-corrected chi connectivity index (χ4v) is 11.3. The lowest BCUT2D eigenvalue weighted by Gasteiger charge is -2.21. The molecule has 0 saturated heterocycles. The third-order valence-corrected chi connectivity index (χ3v) is 17.4. The molecule has 96 heavy (non-hydrogen) atoms. The van der Waals surface area contributed by atoms with Crippen LogP contribution in [-0.2, 0) is 65.4 Å². The van der Waals surface area contributed by atoms with Crippen molar-refractivity contribution >= 4 is 39.5 Å². The van der Waals surface area contributed by atoms with Crippen molar-refractivity contribution in [3.05, 3.63) is 97.2 Å². The van der Waals surface area contributed by atoms with Crippen LogP contribution < -0.4 is 0 Å². The van der Waals surface area contributed by atoms with Gasteiger partial charge in [-0.25, -0.2) is 9.13 Å². The van der Waals surface area contributed by atoms with Gasteiger partial charge in [-0.15, -0.1) is 0 Å². The number of carbonyl (C=O) groups excluding carboxylic acids is 4.